The molecule has 1 aromatic rings. The van der Waals surface area contributed by atoms with Crippen LogP contribution in [-0.2, 0) is 6.54 Å². The molecular weight excluding hydrogens is 228 g/mol. The molecule has 0 aromatic heterocycles. The van der Waals surface area contributed by atoms with Gasteiger partial charge in [-0.1, -0.05) is 31.0 Å². The van der Waals surface area contributed by atoms with Crippen molar-refractivity contribution in [2.45, 2.75) is 26.3 Å². The lowest BCUT2D eigenvalue weighted by molar-refractivity contribution is -0.385. The molecule has 0 bridgehead atoms. The molecule has 4 nitrogen and oxygen atoms in total. The van der Waals surface area contributed by atoms with Crippen LogP contribution in [-0.4, -0.2) is 11.5 Å². The predicted octanol–water partition coefficient (Wildman–Crippen LogP) is 3.14. The minimum absolute atomic E-state index is 0.0801. The van der Waals surface area contributed by atoms with E-state index in [9.17, 15) is 10.1 Å². The minimum atomic E-state index is -0.400. The lowest BCUT2D eigenvalue weighted by Gasteiger charge is -2.06. The van der Waals surface area contributed by atoms with E-state index in [2.05, 4.69) is 12.2 Å². The molecule has 16 heavy (non-hydrogen) atoms. The average molecular weight is 243 g/mol. The van der Waals surface area contributed by atoms with E-state index in [4.69, 9.17) is 11.6 Å². The Bertz CT molecular complexity index is 369. The van der Waals surface area contributed by atoms with Crippen molar-refractivity contribution in [2.24, 2.45) is 0 Å². The Morgan fingerprint density at radius 2 is 2.25 bits per heavy atom. The van der Waals surface area contributed by atoms with E-state index in [1.54, 1.807) is 12.1 Å². The minimum Gasteiger partial charge on any atom is -0.312 e. The smallest absolute Gasteiger partial charge is 0.275 e. The molecule has 0 fully saturated rings. The Balaban J connectivity index is 2.73. The van der Waals surface area contributed by atoms with Gasteiger partial charge in [0.25, 0.3) is 5.69 Å². The van der Waals surface area contributed by atoms with Gasteiger partial charge in [0.15, 0.2) is 0 Å². The molecule has 1 rings (SSSR count). The van der Waals surface area contributed by atoms with Crippen molar-refractivity contribution in [3.05, 3.63) is 38.9 Å². The van der Waals surface area contributed by atoms with Crippen LogP contribution in [0.25, 0.3) is 0 Å². The highest BCUT2D eigenvalue weighted by Crippen LogP contribution is 2.25. The van der Waals surface area contributed by atoms with Crippen LogP contribution in [0.1, 0.15) is 25.3 Å². The van der Waals surface area contributed by atoms with Gasteiger partial charge in [-0.25, -0.2) is 0 Å². The van der Waals surface area contributed by atoms with Crippen molar-refractivity contribution in [3.8, 4) is 0 Å². The Morgan fingerprint density at radius 3 is 2.88 bits per heavy atom. The van der Waals surface area contributed by atoms with Crippen LogP contribution < -0.4 is 5.32 Å². The van der Waals surface area contributed by atoms with E-state index in [1.165, 1.54) is 6.07 Å². The fourth-order valence-corrected chi connectivity index (χ4v) is 1.64. The van der Waals surface area contributed by atoms with Gasteiger partial charge < -0.3 is 5.32 Å². The normalized spacial score (nSPS) is 10.4. The first kappa shape index (κ1) is 12.9. The molecule has 0 saturated heterocycles. The second kappa shape index (κ2) is 6.45. The largest absolute Gasteiger partial charge is 0.312 e. The maximum atomic E-state index is 10.8. The fraction of sp³-hybridized carbons (Fsp3) is 0.455. The van der Waals surface area contributed by atoms with Gasteiger partial charge in [-0.3, -0.25) is 10.1 Å². The quantitative estimate of drug-likeness (QED) is 0.474. The first-order valence-electron chi connectivity index (χ1n) is 5.29. The van der Waals surface area contributed by atoms with Gasteiger partial charge in [0.1, 0.15) is 0 Å². The van der Waals surface area contributed by atoms with Crippen LogP contribution in [0.4, 0.5) is 5.69 Å². The Labute approximate surface area is 99.8 Å². The summed E-state index contributed by atoms with van der Waals surface area (Å²) < 4.78 is 0. The van der Waals surface area contributed by atoms with Crippen LogP contribution in [0, 0.1) is 10.1 Å². The number of nitro groups is 1. The standard InChI is InChI=1S/C11H15ClN2O2/c1-2-3-7-13-8-9-10(12)5-4-6-11(9)14(15)16/h4-6,13H,2-3,7-8H2,1H3. The molecule has 0 aliphatic carbocycles. The summed E-state index contributed by atoms with van der Waals surface area (Å²) in [5, 5.41) is 14.4. The summed E-state index contributed by atoms with van der Waals surface area (Å²) in [4.78, 5) is 10.4. The zero-order valence-electron chi connectivity index (χ0n) is 9.20. The molecule has 1 N–H and O–H groups in total. The first-order valence-corrected chi connectivity index (χ1v) is 5.67. The van der Waals surface area contributed by atoms with Crippen LogP contribution in [0.5, 0.6) is 0 Å². The fourth-order valence-electron chi connectivity index (χ4n) is 1.41. The summed E-state index contributed by atoms with van der Waals surface area (Å²) in [5.74, 6) is 0. The van der Waals surface area contributed by atoms with E-state index in [1.807, 2.05) is 0 Å². The number of nitrogens with zero attached hydrogens (tertiary/aromatic N) is 1. The number of hydrogen-bond acceptors (Lipinski definition) is 3. The maximum Gasteiger partial charge on any atom is 0.275 e. The number of nitrogens with one attached hydrogen (secondary N) is 1. The van der Waals surface area contributed by atoms with E-state index < -0.39 is 4.92 Å². The number of benzene rings is 1. The van der Waals surface area contributed by atoms with E-state index in [0.717, 1.165) is 19.4 Å². The summed E-state index contributed by atoms with van der Waals surface area (Å²) in [6.45, 7) is 3.38. The topological polar surface area (TPSA) is 55.2 Å². The van der Waals surface area contributed by atoms with E-state index >= 15 is 0 Å². The third-order valence-corrected chi connectivity index (χ3v) is 2.65. The molecular formula is C11H15ClN2O2. The zero-order valence-corrected chi connectivity index (χ0v) is 9.96. The second-order valence-corrected chi connectivity index (χ2v) is 3.93. The summed E-state index contributed by atoms with van der Waals surface area (Å²) >= 11 is 5.94. The Kier molecular flexibility index (Phi) is 5.22. The Hall–Kier alpha value is -1.13. The molecule has 0 spiro atoms. The summed E-state index contributed by atoms with van der Waals surface area (Å²) in [6, 6.07) is 4.74. The predicted molar refractivity (Wildman–Crippen MR) is 64.7 cm³/mol. The van der Waals surface area contributed by atoms with Crippen molar-refractivity contribution in [2.75, 3.05) is 6.54 Å². The number of halogens is 1. The number of nitro benzene ring substituents is 1. The van der Waals surface area contributed by atoms with Gasteiger partial charge in [0.2, 0.25) is 0 Å². The van der Waals surface area contributed by atoms with Crippen LogP contribution in [0.2, 0.25) is 5.02 Å². The van der Waals surface area contributed by atoms with Gasteiger partial charge in [-0.15, -0.1) is 0 Å². The molecule has 5 heteroatoms. The summed E-state index contributed by atoms with van der Waals surface area (Å²) in [6.07, 6.45) is 2.15. The maximum absolute atomic E-state index is 10.8. The van der Waals surface area contributed by atoms with E-state index in [0.29, 0.717) is 17.1 Å². The van der Waals surface area contributed by atoms with Crippen molar-refractivity contribution < 1.29 is 4.92 Å². The van der Waals surface area contributed by atoms with Crippen molar-refractivity contribution in [1.29, 1.82) is 0 Å². The van der Waals surface area contributed by atoms with Gasteiger partial charge in [-0.2, -0.15) is 0 Å². The second-order valence-electron chi connectivity index (χ2n) is 3.52. The average Bonchev–Trinajstić information content (AvgIpc) is 2.25. The summed E-state index contributed by atoms with van der Waals surface area (Å²) in [7, 11) is 0. The lowest BCUT2D eigenvalue weighted by Crippen LogP contribution is -2.15. The number of unbranched alkanes of at least 4 members (excludes halogenated alkanes) is 1. The molecule has 0 heterocycles. The van der Waals surface area contributed by atoms with Gasteiger partial charge in [0.05, 0.1) is 15.5 Å². The van der Waals surface area contributed by atoms with Crippen molar-refractivity contribution in [1.82, 2.24) is 5.32 Å². The molecule has 0 atom stereocenters. The molecule has 0 aliphatic rings. The van der Waals surface area contributed by atoms with Crippen LogP contribution in [0.15, 0.2) is 18.2 Å². The zero-order chi connectivity index (χ0) is 12.0. The molecule has 0 amide bonds. The third-order valence-electron chi connectivity index (χ3n) is 2.30. The molecule has 0 aliphatic heterocycles. The number of hydrogen-bond donors (Lipinski definition) is 1. The highest BCUT2D eigenvalue weighted by molar-refractivity contribution is 6.31. The summed E-state index contributed by atoms with van der Waals surface area (Å²) in [5.41, 5.74) is 0.641. The highest BCUT2D eigenvalue weighted by Gasteiger charge is 2.15. The third kappa shape index (κ3) is 3.47. The molecule has 1 aromatic carbocycles. The lowest BCUT2D eigenvalue weighted by atomic mass is 10.1. The van der Waals surface area contributed by atoms with Gasteiger partial charge >= 0.3 is 0 Å². The monoisotopic (exact) mass is 242 g/mol. The SMILES string of the molecule is CCCCNCc1c(Cl)cccc1[N+](=O)[O-]. The Morgan fingerprint density at radius 1 is 1.50 bits per heavy atom. The van der Waals surface area contributed by atoms with Crippen molar-refractivity contribution in [3.63, 3.8) is 0 Å². The molecule has 0 radical (unpaired) electrons. The van der Waals surface area contributed by atoms with Gasteiger partial charge in [-0.05, 0) is 19.0 Å². The highest BCUT2D eigenvalue weighted by atomic mass is 35.5. The van der Waals surface area contributed by atoms with Crippen LogP contribution in [0.3, 0.4) is 0 Å². The molecule has 0 unspecified atom stereocenters. The van der Waals surface area contributed by atoms with Gasteiger partial charge in [0, 0.05) is 12.6 Å². The first-order chi connectivity index (χ1) is 7.66. The molecule has 88 valence electrons. The van der Waals surface area contributed by atoms with Crippen LogP contribution >= 0.6 is 11.6 Å². The number of rotatable bonds is 6. The molecule has 0 saturated carbocycles. The van der Waals surface area contributed by atoms with Crippen molar-refractivity contribution >= 4 is 17.3 Å². The van der Waals surface area contributed by atoms with E-state index in [-0.39, 0.29) is 5.69 Å².